The van der Waals surface area contributed by atoms with Gasteiger partial charge in [-0.2, -0.15) is 0 Å². The molecule has 0 bridgehead atoms. The Hall–Kier alpha value is -0.120. The van der Waals surface area contributed by atoms with Crippen molar-refractivity contribution in [3.63, 3.8) is 0 Å². The molecule has 2 aromatic rings. The van der Waals surface area contributed by atoms with Gasteiger partial charge in [0, 0.05) is 13.8 Å². The van der Waals surface area contributed by atoms with Crippen LogP contribution in [0.5, 0.6) is 0 Å². The van der Waals surface area contributed by atoms with Crippen molar-refractivity contribution >= 4 is 43.2 Å². The normalized spacial score (nSPS) is 10.3. The Bertz CT molecular complexity index is 387. The lowest BCUT2D eigenvalue weighted by Crippen LogP contribution is -1.73. The van der Waals surface area contributed by atoms with Crippen LogP contribution in [0.2, 0.25) is 0 Å². The van der Waals surface area contributed by atoms with Crippen LogP contribution in [0.4, 0.5) is 0 Å². The molecule has 0 unspecified atom stereocenters. The van der Waals surface area contributed by atoms with E-state index in [1.54, 1.807) is 11.3 Å². The molecule has 0 spiro atoms. The van der Waals surface area contributed by atoms with Crippen molar-refractivity contribution in [2.75, 3.05) is 0 Å². The van der Waals surface area contributed by atoms with E-state index in [0.29, 0.717) is 0 Å². The topological polar surface area (TPSA) is 0 Å². The molecule has 0 atom stereocenters. The molecule has 1 heterocycles. The maximum absolute atomic E-state index is 3.47. The summed E-state index contributed by atoms with van der Waals surface area (Å²) < 4.78 is 2.20. The Morgan fingerprint density at radius 3 is 2.23 bits per heavy atom. The molecule has 3 heteroatoms. The summed E-state index contributed by atoms with van der Waals surface area (Å²) in [5.74, 6) is 0. The van der Waals surface area contributed by atoms with Crippen molar-refractivity contribution in [1.82, 2.24) is 0 Å². The van der Waals surface area contributed by atoms with E-state index in [0.717, 1.165) is 8.95 Å². The van der Waals surface area contributed by atoms with Crippen LogP contribution < -0.4 is 0 Å². The maximum atomic E-state index is 3.47. The summed E-state index contributed by atoms with van der Waals surface area (Å²) in [5, 5.41) is 2.09. The van der Waals surface area contributed by atoms with Crippen LogP contribution in [0, 0.1) is 0 Å². The minimum atomic E-state index is 1.10. The van der Waals surface area contributed by atoms with Gasteiger partial charge in [0.25, 0.3) is 0 Å². The van der Waals surface area contributed by atoms with Crippen molar-refractivity contribution < 1.29 is 0 Å². The van der Waals surface area contributed by atoms with E-state index in [9.17, 15) is 0 Å². The largest absolute Gasteiger partial charge is 0.144 e. The highest BCUT2D eigenvalue weighted by atomic mass is 79.9. The lowest BCUT2D eigenvalue weighted by Gasteiger charge is -1.99. The zero-order valence-corrected chi connectivity index (χ0v) is 10.6. The van der Waals surface area contributed by atoms with Crippen LogP contribution in [0.25, 0.3) is 10.4 Å². The van der Waals surface area contributed by atoms with Gasteiger partial charge in [-0.25, -0.2) is 0 Å². The zero-order chi connectivity index (χ0) is 9.26. The molecule has 0 fully saturated rings. The number of rotatable bonds is 1. The summed E-state index contributed by atoms with van der Waals surface area (Å²) >= 11 is 8.70. The summed E-state index contributed by atoms with van der Waals surface area (Å²) in [6, 6.07) is 10.5. The molecule has 0 saturated heterocycles. The standard InChI is InChI=1S/C10H6Br2S/c11-8-4-7(5-9(12)6-8)10-2-1-3-13-10/h1-6H. The van der Waals surface area contributed by atoms with E-state index in [2.05, 4.69) is 61.5 Å². The van der Waals surface area contributed by atoms with Crippen molar-refractivity contribution in [3.05, 3.63) is 44.7 Å². The third kappa shape index (κ3) is 2.22. The van der Waals surface area contributed by atoms with Gasteiger partial charge in [-0.1, -0.05) is 37.9 Å². The molecule has 0 aliphatic rings. The average Bonchev–Trinajstić information content (AvgIpc) is 2.53. The van der Waals surface area contributed by atoms with Gasteiger partial charge in [0.1, 0.15) is 0 Å². The molecule has 0 amide bonds. The first-order chi connectivity index (χ1) is 6.25. The molecule has 0 N–H and O–H groups in total. The van der Waals surface area contributed by atoms with Crippen molar-refractivity contribution in [2.45, 2.75) is 0 Å². The fraction of sp³-hybridized carbons (Fsp3) is 0. The number of halogens is 2. The van der Waals surface area contributed by atoms with Gasteiger partial charge in [-0.15, -0.1) is 11.3 Å². The van der Waals surface area contributed by atoms with Crippen LogP contribution in [0.1, 0.15) is 0 Å². The van der Waals surface area contributed by atoms with E-state index in [-0.39, 0.29) is 0 Å². The molecule has 0 nitrogen and oxygen atoms in total. The number of hydrogen-bond donors (Lipinski definition) is 0. The Balaban J connectivity index is 2.53. The van der Waals surface area contributed by atoms with Crippen LogP contribution >= 0.6 is 43.2 Å². The first kappa shape index (κ1) is 9.44. The molecule has 0 aliphatic carbocycles. The first-order valence-corrected chi connectivity index (χ1v) is 6.22. The second kappa shape index (κ2) is 3.95. The van der Waals surface area contributed by atoms with Crippen LogP contribution in [0.15, 0.2) is 44.7 Å². The third-order valence-electron chi connectivity index (χ3n) is 1.67. The second-order valence-corrected chi connectivity index (χ2v) is 5.41. The summed E-state index contributed by atoms with van der Waals surface area (Å²) in [7, 11) is 0. The van der Waals surface area contributed by atoms with Crippen molar-refractivity contribution in [2.24, 2.45) is 0 Å². The van der Waals surface area contributed by atoms with Gasteiger partial charge >= 0.3 is 0 Å². The molecule has 0 radical (unpaired) electrons. The summed E-state index contributed by atoms with van der Waals surface area (Å²) in [6.07, 6.45) is 0. The monoisotopic (exact) mass is 316 g/mol. The first-order valence-electron chi connectivity index (χ1n) is 3.76. The lowest BCUT2D eigenvalue weighted by molar-refractivity contribution is 1.60. The van der Waals surface area contributed by atoms with E-state index in [4.69, 9.17) is 0 Å². The summed E-state index contributed by atoms with van der Waals surface area (Å²) in [6.45, 7) is 0. The smallest absolute Gasteiger partial charge is 0.0343 e. The van der Waals surface area contributed by atoms with E-state index >= 15 is 0 Å². The second-order valence-electron chi connectivity index (χ2n) is 2.64. The van der Waals surface area contributed by atoms with Crippen LogP contribution in [0.3, 0.4) is 0 Å². The van der Waals surface area contributed by atoms with Gasteiger partial charge in [-0.3, -0.25) is 0 Å². The van der Waals surface area contributed by atoms with Crippen LogP contribution in [-0.2, 0) is 0 Å². The minimum absolute atomic E-state index is 1.10. The molecular formula is C10H6Br2S. The third-order valence-corrected chi connectivity index (χ3v) is 3.50. The van der Waals surface area contributed by atoms with Crippen molar-refractivity contribution in [3.8, 4) is 10.4 Å². The molecule has 0 aliphatic heterocycles. The van der Waals surface area contributed by atoms with Gasteiger partial charge < -0.3 is 0 Å². The van der Waals surface area contributed by atoms with E-state index in [1.807, 2.05) is 6.07 Å². The summed E-state index contributed by atoms with van der Waals surface area (Å²) in [5.41, 5.74) is 1.25. The molecule has 1 aromatic carbocycles. The maximum Gasteiger partial charge on any atom is 0.0343 e. The number of hydrogen-bond acceptors (Lipinski definition) is 1. The Labute approximate surface area is 97.9 Å². The fourth-order valence-corrected chi connectivity index (χ4v) is 3.15. The molecule has 0 saturated carbocycles. The molecule has 66 valence electrons. The molecule has 13 heavy (non-hydrogen) atoms. The van der Waals surface area contributed by atoms with Gasteiger partial charge in [0.2, 0.25) is 0 Å². The highest BCUT2D eigenvalue weighted by molar-refractivity contribution is 9.11. The van der Waals surface area contributed by atoms with Crippen molar-refractivity contribution in [1.29, 1.82) is 0 Å². The fourth-order valence-electron chi connectivity index (χ4n) is 1.14. The molecular weight excluding hydrogens is 312 g/mol. The van der Waals surface area contributed by atoms with Gasteiger partial charge in [0.05, 0.1) is 0 Å². The lowest BCUT2D eigenvalue weighted by atomic mass is 10.2. The van der Waals surface area contributed by atoms with E-state index < -0.39 is 0 Å². The van der Waals surface area contributed by atoms with Crippen LogP contribution in [-0.4, -0.2) is 0 Å². The zero-order valence-electron chi connectivity index (χ0n) is 6.63. The predicted octanol–water partition coefficient (Wildman–Crippen LogP) is 4.94. The predicted molar refractivity (Wildman–Crippen MR) is 65.2 cm³/mol. The molecule has 1 aromatic heterocycles. The Morgan fingerprint density at radius 2 is 1.69 bits per heavy atom. The minimum Gasteiger partial charge on any atom is -0.144 e. The van der Waals surface area contributed by atoms with E-state index in [1.165, 1.54) is 10.4 Å². The SMILES string of the molecule is Brc1cc(Br)cc(-c2cccs2)c1. The van der Waals surface area contributed by atoms with Gasteiger partial charge in [0.15, 0.2) is 0 Å². The van der Waals surface area contributed by atoms with Gasteiger partial charge in [-0.05, 0) is 35.2 Å². The quantitative estimate of drug-likeness (QED) is 0.699. The number of benzene rings is 1. The molecule has 2 rings (SSSR count). The Morgan fingerprint density at radius 1 is 1.00 bits per heavy atom. The Kier molecular flexibility index (Phi) is 2.86. The average molecular weight is 318 g/mol. The summed E-state index contributed by atoms with van der Waals surface area (Å²) in [4.78, 5) is 1.29. The highest BCUT2D eigenvalue weighted by Gasteiger charge is 2.00. The number of thiophene rings is 1. The highest BCUT2D eigenvalue weighted by Crippen LogP contribution is 2.30.